The third-order valence-electron chi connectivity index (χ3n) is 3.22. The van der Waals surface area contributed by atoms with Crippen LogP contribution in [0.5, 0.6) is 0 Å². The van der Waals surface area contributed by atoms with Gasteiger partial charge in [0.25, 0.3) is 0 Å². The highest BCUT2D eigenvalue weighted by atomic mass is 79.9. The molecule has 0 aliphatic carbocycles. The Morgan fingerprint density at radius 1 is 1.29 bits per heavy atom. The van der Waals surface area contributed by atoms with Gasteiger partial charge in [0.1, 0.15) is 0 Å². The van der Waals surface area contributed by atoms with Crippen molar-refractivity contribution in [2.45, 2.75) is 27.7 Å². The molecule has 0 saturated carbocycles. The van der Waals surface area contributed by atoms with Crippen LogP contribution >= 0.6 is 15.9 Å². The standard InChI is InChI=1S/C14H23BrN2/c1-9(2)12(7-16)8-17-14-11(4)5-10(3)6-13(14)15/h5-6,9,12,17H,7-8,16H2,1-4H3. The Morgan fingerprint density at radius 3 is 2.41 bits per heavy atom. The van der Waals surface area contributed by atoms with Crippen molar-refractivity contribution in [1.82, 2.24) is 0 Å². The summed E-state index contributed by atoms with van der Waals surface area (Å²) in [5.74, 6) is 1.12. The van der Waals surface area contributed by atoms with Gasteiger partial charge in [-0.05, 0) is 65.4 Å². The van der Waals surface area contributed by atoms with Crippen molar-refractivity contribution in [1.29, 1.82) is 0 Å². The Labute approximate surface area is 113 Å². The van der Waals surface area contributed by atoms with Gasteiger partial charge in [0.05, 0.1) is 5.69 Å². The molecule has 0 amide bonds. The van der Waals surface area contributed by atoms with Crippen LogP contribution in [-0.4, -0.2) is 13.1 Å². The van der Waals surface area contributed by atoms with Crippen LogP contribution < -0.4 is 11.1 Å². The Hall–Kier alpha value is -0.540. The SMILES string of the molecule is Cc1cc(C)c(NCC(CN)C(C)C)c(Br)c1. The van der Waals surface area contributed by atoms with Crippen LogP contribution in [0.3, 0.4) is 0 Å². The normalized spacial score (nSPS) is 12.9. The van der Waals surface area contributed by atoms with Crippen LogP contribution in [0.2, 0.25) is 0 Å². The highest BCUT2D eigenvalue weighted by molar-refractivity contribution is 9.10. The summed E-state index contributed by atoms with van der Waals surface area (Å²) in [4.78, 5) is 0. The summed E-state index contributed by atoms with van der Waals surface area (Å²) < 4.78 is 1.13. The van der Waals surface area contributed by atoms with E-state index in [1.54, 1.807) is 0 Å². The number of aryl methyl sites for hydroxylation is 2. The molecule has 1 atom stereocenters. The van der Waals surface area contributed by atoms with Gasteiger partial charge in [-0.1, -0.05) is 19.9 Å². The maximum absolute atomic E-state index is 5.79. The fourth-order valence-electron chi connectivity index (χ4n) is 1.96. The number of hydrogen-bond donors (Lipinski definition) is 2. The van der Waals surface area contributed by atoms with E-state index in [4.69, 9.17) is 5.73 Å². The van der Waals surface area contributed by atoms with E-state index in [1.165, 1.54) is 16.8 Å². The number of rotatable bonds is 5. The van der Waals surface area contributed by atoms with Crippen molar-refractivity contribution in [3.8, 4) is 0 Å². The summed E-state index contributed by atoms with van der Waals surface area (Å²) in [6.07, 6.45) is 0. The van der Waals surface area contributed by atoms with E-state index in [9.17, 15) is 0 Å². The maximum atomic E-state index is 5.79. The Kier molecular flexibility index (Phi) is 5.47. The molecule has 0 radical (unpaired) electrons. The van der Waals surface area contributed by atoms with Gasteiger partial charge in [-0.25, -0.2) is 0 Å². The number of hydrogen-bond acceptors (Lipinski definition) is 2. The highest BCUT2D eigenvalue weighted by Gasteiger charge is 2.12. The first-order valence-corrected chi connectivity index (χ1v) is 6.95. The van der Waals surface area contributed by atoms with Gasteiger partial charge in [-0.3, -0.25) is 0 Å². The molecule has 3 N–H and O–H groups in total. The third-order valence-corrected chi connectivity index (χ3v) is 3.84. The van der Waals surface area contributed by atoms with Crippen LogP contribution in [0.25, 0.3) is 0 Å². The Bertz CT molecular complexity index is 351. The highest BCUT2D eigenvalue weighted by Crippen LogP contribution is 2.28. The van der Waals surface area contributed by atoms with E-state index in [0.29, 0.717) is 11.8 Å². The minimum absolute atomic E-state index is 0.516. The average molecular weight is 299 g/mol. The molecule has 0 aliphatic rings. The summed E-state index contributed by atoms with van der Waals surface area (Å²) >= 11 is 3.61. The second-order valence-corrected chi connectivity index (χ2v) is 5.91. The van der Waals surface area contributed by atoms with Gasteiger partial charge in [-0.2, -0.15) is 0 Å². The molecule has 96 valence electrons. The molecule has 1 unspecified atom stereocenters. The zero-order chi connectivity index (χ0) is 13.0. The van der Waals surface area contributed by atoms with Crippen molar-refractivity contribution in [3.05, 3.63) is 27.7 Å². The van der Waals surface area contributed by atoms with Crippen LogP contribution in [0.15, 0.2) is 16.6 Å². The van der Waals surface area contributed by atoms with Crippen molar-refractivity contribution in [2.75, 3.05) is 18.4 Å². The first kappa shape index (κ1) is 14.5. The molecule has 17 heavy (non-hydrogen) atoms. The van der Waals surface area contributed by atoms with Gasteiger partial charge < -0.3 is 11.1 Å². The monoisotopic (exact) mass is 298 g/mol. The lowest BCUT2D eigenvalue weighted by Gasteiger charge is -2.21. The lowest BCUT2D eigenvalue weighted by Crippen LogP contribution is -2.27. The van der Waals surface area contributed by atoms with Crippen LogP contribution in [0.4, 0.5) is 5.69 Å². The summed E-state index contributed by atoms with van der Waals surface area (Å²) in [7, 11) is 0. The molecule has 0 fully saturated rings. The van der Waals surface area contributed by atoms with E-state index in [1.807, 2.05) is 0 Å². The zero-order valence-corrected chi connectivity index (χ0v) is 12.8. The summed E-state index contributed by atoms with van der Waals surface area (Å²) in [6.45, 7) is 10.3. The topological polar surface area (TPSA) is 38.0 Å². The second kappa shape index (κ2) is 6.41. The predicted octanol–water partition coefficient (Wildman–Crippen LogP) is 3.71. The molecule has 1 rings (SSSR count). The molecular weight excluding hydrogens is 276 g/mol. The molecule has 0 bridgehead atoms. The Morgan fingerprint density at radius 2 is 1.94 bits per heavy atom. The summed E-state index contributed by atoms with van der Waals surface area (Å²) in [5, 5.41) is 3.51. The quantitative estimate of drug-likeness (QED) is 0.870. The fraction of sp³-hybridized carbons (Fsp3) is 0.571. The molecule has 0 heterocycles. The number of nitrogens with one attached hydrogen (secondary N) is 1. The molecule has 0 aromatic heterocycles. The minimum atomic E-state index is 0.516. The molecule has 1 aromatic carbocycles. The average Bonchev–Trinajstić information content (AvgIpc) is 2.21. The predicted molar refractivity (Wildman–Crippen MR) is 79.5 cm³/mol. The van der Waals surface area contributed by atoms with E-state index in [0.717, 1.165) is 17.6 Å². The van der Waals surface area contributed by atoms with Gasteiger partial charge in [0.15, 0.2) is 0 Å². The number of anilines is 1. The first-order valence-electron chi connectivity index (χ1n) is 6.16. The van der Waals surface area contributed by atoms with Crippen molar-refractivity contribution < 1.29 is 0 Å². The summed E-state index contributed by atoms with van der Waals surface area (Å²) in [6, 6.07) is 4.34. The number of benzene rings is 1. The van der Waals surface area contributed by atoms with Gasteiger partial charge in [0, 0.05) is 11.0 Å². The molecule has 3 heteroatoms. The van der Waals surface area contributed by atoms with Crippen LogP contribution in [0, 0.1) is 25.7 Å². The van der Waals surface area contributed by atoms with Crippen LogP contribution in [-0.2, 0) is 0 Å². The first-order chi connectivity index (χ1) is 7.95. The second-order valence-electron chi connectivity index (χ2n) is 5.06. The number of halogens is 1. The Balaban J connectivity index is 2.75. The van der Waals surface area contributed by atoms with Crippen molar-refractivity contribution in [3.63, 3.8) is 0 Å². The third kappa shape index (κ3) is 4.00. The summed E-state index contributed by atoms with van der Waals surface area (Å²) in [5.41, 5.74) is 9.53. The van der Waals surface area contributed by atoms with E-state index in [2.05, 4.69) is 61.1 Å². The minimum Gasteiger partial charge on any atom is -0.384 e. The lowest BCUT2D eigenvalue weighted by atomic mass is 9.96. The van der Waals surface area contributed by atoms with Crippen LogP contribution in [0.1, 0.15) is 25.0 Å². The van der Waals surface area contributed by atoms with Gasteiger partial charge in [0.2, 0.25) is 0 Å². The van der Waals surface area contributed by atoms with Gasteiger partial charge >= 0.3 is 0 Å². The zero-order valence-electron chi connectivity index (χ0n) is 11.2. The van der Waals surface area contributed by atoms with Crippen molar-refractivity contribution in [2.24, 2.45) is 17.6 Å². The lowest BCUT2D eigenvalue weighted by molar-refractivity contribution is 0.413. The molecule has 1 aromatic rings. The largest absolute Gasteiger partial charge is 0.384 e. The smallest absolute Gasteiger partial charge is 0.0514 e. The van der Waals surface area contributed by atoms with E-state index >= 15 is 0 Å². The molecule has 2 nitrogen and oxygen atoms in total. The molecule has 0 aliphatic heterocycles. The van der Waals surface area contributed by atoms with Gasteiger partial charge in [-0.15, -0.1) is 0 Å². The number of nitrogens with two attached hydrogens (primary N) is 1. The molecule has 0 saturated heterocycles. The molecule has 0 spiro atoms. The van der Waals surface area contributed by atoms with Crippen molar-refractivity contribution >= 4 is 21.6 Å². The molecular formula is C14H23BrN2. The van der Waals surface area contributed by atoms with E-state index < -0.39 is 0 Å². The maximum Gasteiger partial charge on any atom is 0.0514 e. The van der Waals surface area contributed by atoms with E-state index in [-0.39, 0.29) is 0 Å². The fourth-order valence-corrected chi connectivity index (χ4v) is 2.78.